The lowest BCUT2D eigenvalue weighted by Crippen LogP contribution is -2.00. The van der Waals surface area contributed by atoms with Gasteiger partial charge in [-0.25, -0.2) is 4.98 Å². The summed E-state index contributed by atoms with van der Waals surface area (Å²) in [5, 5.41) is 14.3. The van der Waals surface area contributed by atoms with Crippen molar-refractivity contribution in [1.82, 2.24) is 4.98 Å². The fraction of sp³-hybridized carbons (Fsp3) is 0.0714. The number of hydrogen-bond donors (Lipinski definition) is 1. The summed E-state index contributed by atoms with van der Waals surface area (Å²) >= 11 is 7.64. The lowest BCUT2D eigenvalue weighted by Gasteiger charge is -2.08. The van der Waals surface area contributed by atoms with Crippen molar-refractivity contribution >= 4 is 44.5 Å². The molecule has 1 N–H and O–H groups in total. The molecule has 0 amide bonds. The Morgan fingerprint density at radius 3 is 2.90 bits per heavy atom. The molecule has 0 aliphatic rings. The van der Waals surface area contributed by atoms with Crippen LogP contribution in [0.5, 0.6) is 0 Å². The topological polar surface area (TPSA) is 68.1 Å². The summed E-state index contributed by atoms with van der Waals surface area (Å²) < 4.78 is 1.11. The molecular weight excluding hydrogens is 310 g/mol. The van der Waals surface area contributed by atoms with E-state index >= 15 is 0 Å². The Hall–Kier alpha value is -2.18. The summed E-state index contributed by atoms with van der Waals surface area (Å²) in [6.07, 6.45) is 0. The molecule has 1 aromatic heterocycles. The number of nitro benzene ring substituents is 1. The van der Waals surface area contributed by atoms with Gasteiger partial charge in [-0.3, -0.25) is 10.1 Å². The molecular formula is C14H10ClN3O2S. The quantitative estimate of drug-likeness (QED) is 0.569. The number of thiazole rings is 1. The first-order valence-corrected chi connectivity index (χ1v) is 7.39. The zero-order chi connectivity index (χ0) is 14.8. The SMILES string of the molecule is O=[N+]([O-])c1ccc(CNc2ccc3ncsc3c2)c(Cl)c1. The Morgan fingerprint density at radius 1 is 1.29 bits per heavy atom. The lowest BCUT2D eigenvalue weighted by atomic mass is 10.2. The van der Waals surface area contributed by atoms with Crippen molar-refractivity contribution in [2.45, 2.75) is 6.54 Å². The standard InChI is InChI=1S/C14H10ClN3O2S/c15-12-6-11(18(19)20)3-1-9(12)7-16-10-2-4-13-14(5-10)21-8-17-13/h1-6,8,16H,7H2. The molecule has 0 saturated carbocycles. The van der Waals surface area contributed by atoms with Gasteiger partial charge in [-0.2, -0.15) is 0 Å². The van der Waals surface area contributed by atoms with Gasteiger partial charge in [0.05, 0.1) is 25.7 Å². The van der Waals surface area contributed by atoms with E-state index in [9.17, 15) is 10.1 Å². The molecule has 0 aliphatic heterocycles. The fourth-order valence-corrected chi connectivity index (χ4v) is 2.91. The Balaban J connectivity index is 1.76. The largest absolute Gasteiger partial charge is 0.381 e. The van der Waals surface area contributed by atoms with Gasteiger partial charge in [0.15, 0.2) is 0 Å². The van der Waals surface area contributed by atoms with Crippen LogP contribution in [0.15, 0.2) is 41.9 Å². The number of nitrogens with one attached hydrogen (secondary N) is 1. The Labute approximate surface area is 129 Å². The van der Waals surface area contributed by atoms with Crippen LogP contribution < -0.4 is 5.32 Å². The minimum atomic E-state index is -0.458. The van der Waals surface area contributed by atoms with Crippen LogP contribution in [0, 0.1) is 10.1 Å². The summed E-state index contributed by atoms with van der Waals surface area (Å²) in [4.78, 5) is 14.4. The van der Waals surface area contributed by atoms with Gasteiger partial charge in [-0.1, -0.05) is 11.6 Å². The minimum absolute atomic E-state index is 0.00479. The molecule has 0 spiro atoms. The number of fused-ring (bicyclic) bond motifs is 1. The maximum atomic E-state index is 10.7. The molecule has 3 aromatic rings. The molecule has 5 nitrogen and oxygen atoms in total. The molecule has 1 heterocycles. The molecule has 2 aromatic carbocycles. The van der Waals surface area contributed by atoms with Gasteiger partial charge in [0, 0.05) is 24.4 Å². The Morgan fingerprint density at radius 2 is 2.14 bits per heavy atom. The number of hydrogen-bond acceptors (Lipinski definition) is 5. The van der Waals surface area contributed by atoms with E-state index in [-0.39, 0.29) is 5.69 Å². The molecule has 0 aliphatic carbocycles. The average molecular weight is 320 g/mol. The van der Waals surface area contributed by atoms with Gasteiger partial charge in [0.25, 0.3) is 5.69 Å². The minimum Gasteiger partial charge on any atom is -0.381 e. The van der Waals surface area contributed by atoms with Crippen molar-refractivity contribution in [3.63, 3.8) is 0 Å². The van der Waals surface area contributed by atoms with Gasteiger partial charge < -0.3 is 5.32 Å². The molecule has 7 heteroatoms. The number of rotatable bonds is 4. The number of nitrogens with zero attached hydrogens (tertiary/aromatic N) is 2. The summed E-state index contributed by atoms with van der Waals surface area (Å²) in [5.41, 5.74) is 4.54. The van der Waals surface area contributed by atoms with E-state index in [1.807, 2.05) is 23.7 Å². The molecule has 3 rings (SSSR count). The second kappa shape index (κ2) is 5.67. The van der Waals surface area contributed by atoms with Crippen molar-refractivity contribution in [2.75, 3.05) is 5.32 Å². The van der Waals surface area contributed by atoms with E-state index in [1.165, 1.54) is 12.1 Å². The van der Waals surface area contributed by atoms with Crippen molar-refractivity contribution in [2.24, 2.45) is 0 Å². The number of benzene rings is 2. The number of non-ortho nitro benzene ring substituents is 1. The van der Waals surface area contributed by atoms with Crippen molar-refractivity contribution in [1.29, 1.82) is 0 Å². The number of halogens is 1. The lowest BCUT2D eigenvalue weighted by molar-refractivity contribution is -0.384. The molecule has 0 saturated heterocycles. The first-order valence-electron chi connectivity index (χ1n) is 6.13. The number of anilines is 1. The second-order valence-corrected chi connectivity index (χ2v) is 5.71. The molecule has 0 atom stereocenters. The maximum absolute atomic E-state index is 10.7. The predicted molar refractivity (Wildman–Crippen MR) is 85.1 cm³/mol. The summed E-state index contributed by atoms with van der Waals surface area (Å²) in [7, 11) is 0. The third-order valence-corrected chi connectivity index (χ3v) is 4.21. The van der Waals surface area contributed by atoms with Crippen molar-refractivity contribution in [3.05, 3.63) is 62.6 Å². The average Bonchev–Trinajstić information content (AvgIpc) is 2.93. The number of nitro groups is 1. The van der Waals surface area contributed by atoms with Gasteiger partial charge in [-0.05, 0) is 29.8 Å². The summed E-state index contributed by atoms with van der Waals surface area (Å²) in [6, 6.07) is 10.4. The van der Waals surface area contributed by atoms with Crippen LogP contribution in [0.3, 0.4) is 0 Å². The third-order valence-electron chi connectivity index (χ3n) is 3.06. The van der Waals surface area contributed by atoms with E-state index in [0.717, 1.165) is 21.5 Å². The van der Waals surface area contributed by atoms with E-state index in [1.54, 1.807) is 17.4 Å². The van der Waals surface area contributed by atoms with E-state index in [2.05, 4.69) is 10.3 Å². The zero-order valence-electron chi connectivity index (χ0n) is 10.7. The monoisotopic (exact) mass is 319 g/mol. The van der Waals surface area contributed by atoms with Gasteiger partial charge in [0.2, 0.25) is 0 Å². The first kappa shape index (κ1) is 13.8. The van der Waals surface area contributed by atoms with E-state index in [4.69, 9.17) is 11.6 Å². The highest BCUT2D eigenvalue weighted by atomic mass is 35.5. The van der Waals surface area contributed by atoms with Crippen molar-refractivity contribution in [3.8, 4) is 0 Å². The van der Waals surface area contributed by atoms with Crippen LogP contribution in [-0.2, 0) is 6.54 Å². The fourth-order valence-electron chi connectivity index (χ4n) is 1.96. The molecule has 0 bridgehead atoms. The summed E-state index contributed by atoms with van der Waals surface area (Å²) in [6.45, 7) is 0.501. The van der Waals surface area contributed by atoms with Crippen LogP contribution in [-0.4, -0.2) is 9.91 Å². The smallest absolute Gasteiger partial charge is 0.270 e. The third kappa shape index (κ3) is 2.96. The molecule has 0 radical (unpaired) electrons. The van der Waals surface area contributed by atoms with Gasteiger partial charge >= 0.3 is 0 Å². The highest BCUT2D eigenvalue weighted by molar-refractivity contribution is 7.16. The highest BCUT2D eigenvalue weighted by Gasteiger charge is 2.09. The molecule has 106 valence electrons. The van der Waals surface area contributed by atoms with Crippen LogP contribution in [0.1, 0.15) is 5.56 Å². The van der Waals surface area contributed by atoms with Crippen LogP contribution in [0.4, 0.5) is 11.4 Å². The van der Waals surface area contributed by atoms with Gasteiger partial charge in [-0.15, -0.1) is 11.3 Å². The van der Waals surface area contributed by atoms with Crippen LogP contribution >= 0.6 is 22.9 Å². The summed E-state index contributed by atoms with van der Waals surface area (Å²) in [5.74, 6) is 0. The zero-order valence-corrected chi connectivity index (χ0v) is 12.3. The Kier molecular flexibility index (Phi) is 3.72. The maximum Gasteiger partial charge on any atom is 0.270 e. The van der Waals surface area contributed by atoms with E-state index in [0.29, 0.717) is 11.6 Å². The Bertz CT molecular complexity index is 819. The van der Waals surface area contributed by atoms with Crippen LogP contribution in [0.2, 0.25) is 5.02 Å². The second-order valence-electron chi connectivity index (χ2n) is 4.42. The number of aromatic nitrogens is 1. The van der Waals surface area contributed by atoms with Gasteiger partial charge in [0.1, 0.15) is 0 Å². The van der Waals surface area contributed by atoms with Crippen molar-refractivity contribution < 1.29 is 4.92 Å². The molecule has 0 fully saturated rings. The van der Waals surface area contributed by atoms with Crippen LogP contribution in [0.25, 0.3) is 10.2 Å². The normalized spacial score (nSPS) is 10.7. The van der Waals surface area contributed by atoms with E-state index < -0.39 is 4.92 Å². The molecule has 21 heavy (non-hydrogen) atoms. The highest BCUT2D eigenvalue weighted by Crippen LogP contribution is 2.25. The predicted octanol–water partition coefficient (Wildman–Crippen LogP) is 4.47. The first-order chi connectivity index (χ1) is 10.1. The molecule has 0 unspecified atom stereocenters.